The van der Waals surface area contributed by atoms with Gasteiger partial charge in [-0.1, -0.05) is 60.7 Å². The molecule has 2 heterocycles. The zero-order chi connectivity index (χ0) is 15.6. The van der Waals surface area contributed by atoms with E-state index in [1.54, 1.807) is 0 Å². The average molecular weight is 318 g/mol. The molecule has 23 heavy (non-hydrogen) atoms. The number of hydrogen-bond acceptors (Lipinski definition) is 1. The third-order valence-electron chi connectivity index (χ3n) is 3.86. The first-order chi connectivity index (χ1) is 11.3. The minimum Gasteiger partial charge on any atom is -0.402 e. The van der Waals surface area contributed by atoms with Gasteiger partial charge in [0.1, 0.15) is 0 Å². The molecule has 0 aliphatic carbocycles. The number of hydrogen-bond donors (Lipinski definition) is 0. The van der Waals surface area contributed by atoms with E-state index in [-0.39, 0.29) is 0 Å². The summed E-state index contributed by atoms with van der Waals surface area (Å²) in [4.78, 5) is 0. The smallest absolute Gasteiger partial charge is 0.379 e. The SMILES string of the molecule is Cc1oc2cccc[n+]2c1P(c1ccccc1)c1ccccc1. The topological polar surface area (TPSA) is 17.2 Å². The van der Waals surface area contributed by atoms with Gasteiger partial charge in [0, 0.05) is 13.0 Å². The summed E-state index contributed by atoms with van der Waals surface area (Å²) in [5.74, 6) is 0.981. The lowest BCUT2D eigenvalue weighted by atomic mass is 10.4. The summed E-state index contributed by atoms with van der Waals surface area (Å²) >= 11 is 0. The number of rotatable bonds is 3. The molecule has 0 fully saturated rings. The van der Waals surface area contributed by atoms with Gasteiger partial charge >= 0.3 is 5.71 Å². The number of benzene rings is 2. The minimum atomic E-state index is -0.660. The summed E-state index contributed by atoms with van der Waals surface area (Å²) in [7, 11) is -0.660. The summed E-state index contributed by atoms with van der Waals surface area (Å²) in [6, 6.07) is 27.5. The second-order valence-corrected chi connectivity index (χ2v) is 7.52. The number of oxazole rings is 1. The fourth-order valence-electron chi connectivity index (χ4n) is 2.87. The molecule has 0 N–H and O–H groups in total. The second-order valence-electron chi connectivity index (χ2n) is 5.40. The maximum absolute atomic E-state index is 6.00. The summed E-state index contributed by atoms with van der Waals surface area (Å²) in [6.45, 7) is 2.06. The third-order valence-corrected chi connectivity index (χ3v) is 6.45. The van der Waals surface area contributed by atoms with Gasteiger partial charge in [0.2, 0.25) is 0 Å². The summed E-state index contributed by atoms with van der Waals surface area (Å²) < 4.78 is 8.18. The third kappa shape index (κ3) is 2.56. The molecule has 2 aromatic carbocycles. The Hall–Kier alpha value is -2.44. The van der Waals surface area contributed by atoms with Crippen molar-refractivity contribution in [3.05, 3.63) is 90.8 Å². The fraction of sp³-hybridized carbons (Fsp3) is 0.0500. The van der Waals surface area contributed by atoms with Gasteiger partial charge in [0.25, 0.3) is 5.44 Å². The predicted octanol–water partition coefficient (Wildman–Crippen LogP) is 3.08. The maximum atomic E-state index is 6.00. The van der Waals surface area contributed by atoms with Crippen molar-refractivity contribution < 1.29 is 8.82 Å². The zero-order valence-electron chi connectivity index (χ0n) is 12.9. The van der Waals surface area contributed by atoms with Crippen LogP contribution in [0, 0.1) is 6.92 Å². The molecule has 2 nitrogen and oxygen atoms in total. The lowest BCUT2D eigenvalue weighted by molar-refractivity contribution is -0.493. The average Bonchev–Trinajstić information content (AvgIpc) is 2.94. The van der Waals surface area contributed by atoms with Crippen LogP contribution in [0.5, 0.6) is 0 Å². The van der Waals surface area contributed by atoms with Gasteiger partial charge in [-0.15, -0.1) is 4.40 Å². The molecular weight excluding hydrogens is 301 g/mol. The van der Waals surface area contributed by atoms with Gasteiger partial charge in [-0.2, -0.15) is 0 Å². The number of pyridine rings is 1. The Morgan fingerprint density at radius 2 is 1.30 bits per heavy atom. The Labute approximate surface area is 136 Å². The van der Waals surface area contributed by atoms with Crippen LogP contribution in [0.4, 0.5) is 0 Å². The van der Waals surface area contributed by atoms with Crippen molar-refractivity contribution in [1.82, 2.24) is 0 Å². The van der Waals surface area contributed by atoms with E-state index in [9.17, 15) is 0 Å². The molecule has 3 heteroatoms. The number of nitrogens with zero attached hydrogens (tertiary/aromatic N) is 1. The van der Waals surface area contributed by atoms with E-state index in [4.69, 9.17) is 4.42 Å². The second kappa shape index (κ2) is 5.98. The van der Waals surface area contributed by atoms with Crippen molar-refractivity contribution in [2.75, 3.05) is 0 Å². The molecule has 0 amide bonds. The van der Waals surface area contributed by atoms with Crippen molar-refractivity contribution in [3.8, 4) is 0 Å². The molecule has 0 aliphatic rings. The molecule has 0 spiro atoms. The quantitative estimate of drug-likeness (QED) is 0.419. The van der Waals surface area contributed by atoms with Crippen LogP contribution in [-0.2, 0) is 0 Å². The summed E-state index contributed by atoms with van der Waals surface area (Å²) in [5, 5.41) is 2.66. The molecular formula is C20H17NOP+. The van der Waals surface area contributed by atoms with Crippen molar-refractivity contribution >= 4 is 29.7 Å². The highest BCUT2D eigenvalue weighted by molar-refractivity contribution is 7.79. The summed E-state index contributed by atoms with van der Waals surface area (Å²) in [6.07, 6.45) is 2.09. The van der Waals surface area contributed by atoms with E-state index in [2.05, 4.69) is 84.3 Å². The lowest BCUT2D eigenvalue weighted by Crippen LogP contribution is -2.40. The fourth-order valence-corrected chi connectivity index (χ4v) is 5.34. The van der Waals surface area contributed by atoms with Gasteiger partial charge in [-0.25, -0.2) is 0 Å². The van der Waals surface area contributed by atoms with E-state index in [1.165, 1.54) is 16.0 Å². The first-order valence-corrected chi connectivity index (χ1v) is 8.99. The monoisotopic (exact) mass is 318 g/mol. The highest BCUT2D eigenvalue weighted by atomic mass is 31.1. The van der Waals surface area contributed by atoms with Crippen molar-refractivity contribution in [2.24, 2.45) is 0 Å². The van der Waals surface area contributed by atoms with Crippen molar-refractivity contribution in [1.29, 1.82) is 0 Å². The van der Waals surface area contributed by atoms with Crippen LogP contribution in [0.3, 0.4) is 0 Å². The van der Waals surface area contributed by atoms with Gasteiger partial charge in [0.05, 0.1) is 14.0 Å². The van der Waals surface area contributed by atoms with E-state index in [0.717, 1.165) is 11.5 Å². The molecule has 2 aromatic heterocycles. The first-order valence-electron chi connectivity index (χ1n) is 7.64. The van der Waals surface area contributed by atoms with Crippen LogP contribution in [0.25, 0.3) is 5.71 Å². The van der Waals surface area contributed by atoms with Gasteiger partial charge in [-0.3, -0.25) is 0 Å². The van der Waals surface area contributed by atoms with E-state index in [0.29, 0.717) is 0 Å². The van der Waals surface area contributed by atoms with E-state index >= 15 is 0 Å². The Balaban J connectivity index is 2.00. The van der Waals surface area contributed by atoms with Crippen LogP contribution in [0.2, 0.25) is 0 Å². The summed E-state index contributed by atoms with van der Waals surface area (Å²) in [5.41, 5.74) is 2.13. The molecule has 4 rings (SSSR count). The highest BCUT2D eigenvalue weighted by Crippen LogP contribution is 2.33. The Kier molecular flexibility index (Phi) is 3.69. The Bertz CT molecular complexity index is 892. The predicted molar refractivity (Wildman–Crippen MR) is 95.3 cm³/mol. The minimum absolute atomic E-state index is 0.660. The molecule has 0 unspecified atom stereocenters. The van der Waals surface area contributed by atoms with E-state index < -0.39 is 7.92 Å². The standard InChI is InChI=1S/C20H17NOP/c1-16-20(21-15-9-8-14-19(21)22-16)23(17-10-4-2-5-11-17)18-12-6-3-7-13-18/h2-15H,1H3/q+1. The van der Waals surface area contributed by atoms with Gasteiger partial charge < -0.3 is 4.42 Å². The van der Waals surface area contributed by atoms with Crippen LogP contribution in [0.15, 0.2) is 89.5 Å². The number of fused-ring (bicyclic) bond motifs is 1. The van der Waals surface area contributed by atoms with Crippen LogP contribution >= 0.6 is 7.92 Å². The molecule has 0 bridgehead atoms. The zero-order valence-corrected chi connectivity index (χ0v) is 13.8. The normalized spacial score (nSPS) is 11.2. The molecule has 112 valence electrons. The largest absolute Gasteiger partial charge is 0.402 e. The van der Waals surface area contributed by atoms with Crippen LogP contribution < -0.4 is 20.4 Å². The number of aryl methyl sites for hydroxylation is 1. The van der Waals surface area contributed by atoms with Gasteiger partial charge in [0.15, 0.2) is 12.0 Å². The molecule has 0 atom stereocenters. The first kappa shape index (κ1) is 14.2. The lowest BCUT2D eigenvalue weighted by Gasteiger charge is -2.14. The molecule has 0 aliphatic heterocycles. The number of aromatic nitrogens is 1. The molecule has 0 radical (unpaired) electrons. The van der Waals surface area contributed by atoms with Crippen LogP contribution in [-0.4, -0.2) is 0 Å². The van der Waals surface area contributed by atoms with Crippen molar-refractivity contribution in [3.63, 3.8) is 0 Å². The molecule has 0 saturated carbocycles. The maximum Gasteiger partial charge on any atom is 0.379 e. The van der Waals surface area contributed by atoms with Crippen molar-refractivity contribution in [2.45, 2.75) is 6.92 Å². The highest BCUT2D eigenvalue weighted by Gasteiger charge is 2.30. The Morgan fingerprint density at radius 1 is 0.739 bits per heavy atom. The Morgan fingerprint density at radius 3 is 1.91 bits per heavy atom. The van der Waals surface area contributed by atoms with Gasteiger partial charge in [-0.05, 0) is 16.7 Å². The van der Waals surface area contributed by atoms with E-state index in [1.807, 2.05) is 12.1 Å². The van der Waals surface area contributed by atoms with Crippen LogP contribution in [0.1, 0.15) is 5.76 Å². The molecule has 4 aromatic rings. The molecule has 0 saturated heterocycles.